The summed E-state index contributed by atoms with van der Waals surface area (Å²) in [6, 6.07) is 7.16. The number of sulfone groups is 1. The van der Waals surface area contributed by atoms with Crippen molar-refractivity contribution in [3.05, 3.63) is 54.1 Å². The van der Waals surface area contributed by atoms with Crippen LogP contribution in [-0.4, -0.2) is 121 Å². The molecule has 0 N–H and O–H groups in total. The molecular weight excluding hydrogens is 949 g/mol. The lowest BCUT2D eigenvalue weighted by atomic mass is 9.86. The van der Waals surface area contributed by atoms with E-state index in [-0.39, 0.29) is 56.7 Å². The Bertz CT molecular complexity index is 2030. The van der Waals surface area contributed by atoms with E-state index in [2.05, 4.69) is 102 Å². The number of ether oxygens (including phenoxy) is 5. The van der Waals surface area contributed by atoms with Gasteiger partial charge in [0, 0.05) is 31.3 Å². The molecule has 0 radical (unpaired) electrons. The van der Waals surface area contributed by atoms with Gasteiger partial charge in [-0.25, -0.2) is 8.42 Å². The Morgan fingerprint density at radius 1 is 0.855 bits per heavy atom. The summed E-state index contributed by atoms with van der Waals surface area (Å²) >= 11 is 0. The maximum atomic E-state index is 14.3. The standard InChI is InChI=1S/C53H94O12S2Si2/c1-19-40-21-26-44(27-22-40)67(56,57)34-45-47(63-48(50(45)58-13)32-43(65-69(17,18)52(8,9)10)33-61-68(15,16)51(5,6)7)31-38(3)37(2)20-23-41(64-66(14,54)55)24-28-46-39(4)30-42(62-46)25-29-49-59-35-53(11,12)36-60-49/h21-22,26-27,38,41-43,45-50H,2,4,19-20,23-25,28-36H2,1,3,5-18H3/t38?,41-,42-,43?,45-,46-,47-,48+,50?/m0/s1. The van der Waals surface area contributed by atoms with Crippen LogP contribution in [0.3, 0.4) is 0 Å². The summed E-state index contributed by atoms with van der Waals surface area (Å²) in [6.45, 7) is 41.3. The Balaban J connectivity index is 1.50. The van der Waals surface area contributed by atoms with Crippen molar-refractivity contribution in [2.45, 2.75) is 224 Å². The molecule has 0 aliphatic carbocycles. The minimum atomic E-state index is -3.75. The first-order valence-corrected chi connectivity index (χ1v) is 34.9. The monoisotopic (exact) mass is 1040 g/mol. The van der Waals surface area contributed by atoms with Crippen molar-refractivity contribution in [2.75, 3.05) is 38.9 Å². The van der Waals surface area contributed by atoms with Crippen LogP contribution < -0.4 is 0 Å². The van der Waals surface area contributed by atoms with Gasteiger partial charge in [0.15, 0.2) is 32.8 Å². The Kier molecular flexibility index (Phi) is 21.3. The lowest BCUT2D eigenvalue weighted by molar-refractivity contribution is -0.225. The second-order valence-corrected chi connectivity index (χ2v) is 37.6. The topological polar surface area (TPSA) is 142 Å². The molecule has 9 atom stereocenters. The fraction of sp³-hybridized carbons (Fsp3) is 0.811. The van der Waals surface area contributed by atoms with E-state index < -0.39 is 66.9 Å². The molecule has 0 aromatic heterocycles. The van der Waals surface area contributed by atoms with E-state index in [9.17, 15) is 16.8 Å². The second-order valence-electron chi connectivity index (χ2n) is 24.4. The van der Waals surface area contributed by atoms with Crippen LogP contribution in [0.4, 0.5) is 0 Å². The summed E-state index contributed by atoms with van der Waals surface area (Å²) < 4.78 is 105. The molecule has 3 aliphatic rings. The van der Waals surface area contributed by atoms with Crippen LogP contribution in [0.2, 0.25) is 36.3 Å². The smallest absolute Gasteiger partial charge is 0.264 e. The minimum absolute atomic E-state index is 0.00118. The Hall–Kier alpha value is -1.29. The summed E-state index contributed by atoms with van der Waals surface area (Å²) in [7, 11) is -10.3. The largest absolute Gasteiger partial charge is 0.414 e. The molecule has 3 saturated heterocycles. The van der Waals surface area contributed by atoms with Gasteiger partial charge in [-0.2, -0.15) is 8.42 Å². The average molecular weight is 1040 g/mol. The fourth-order valence-corrected chi connectivity index (χ4v) is 13.8. The number of methoxy groups -OCH3 is 1. The molecule has 0 spiro atoms. The molecule has 3 heterocycles. The van der Waals surface area contributed by atoms with Gasteiger partial charge in [0.25, 0.3) is 10.1 Å². The van der Waals surface area contributed by atoms with Crippen LogP contribution in [-0.2, 0) is 63.1 Å². The molecule has 1 aromatic carbocycles. The average Bonchev–Trinajstić information content (AvgIpc) is 3.75. The Morgan fingerprint density at radius 2 is 1.46 bits per heavy atom. The number of aryl methyl sites for hydroxylation is 1. The van der Waals surface area contributed by atoms with Crippen LogP contribution in [0, 0.1) is 17.3 Å². The van der Waals surface area contributed by atoms with E-state index in [1.807, 2.05) is 19.1 Å². The first kappa shape index (κ1) is 60.3. The highest BCUT2D eigenvalue weighted by Gasteiger charge is 2.50. The maximum absolute atomic E-state index is 14.3. The van der Waals surface area contributed by atoms with Crippen LogP contribution in [0.1, 0.15) is 133 Å². The van der Waals surface area contributed by atoms with Gasteiger partial charge in [-0.05, 0) is 117 Å². The molecule has 12 nitrogen and oxygen atoms in total. The van der Waals surface area contributed by atoms with Crippen molar-refractivity contribution in [2.24, 2.45) is 17.3 Å². The quantitative estimate of drug-likeness (QED) is 0.0495. The summed E-state index contributed by atoms with van der Waals surface area (Å²) in [6.07, 6.45) is 4.37. The molecule has 398 valence electrons. The van der Waals surface area contributed by atoms with Gasteiger partial charge >= 0.3 is 0 Å². The summed E-state index contributed by atoms with van der Waals surface area (Å²) in [4.78, 5) is 0.281. The molecule has 0 bridgehead atoms. The number of hydrogen-bond acceptors (Lipinski definition) is 12. The highest BCUT2D eigenvalue weighted by Crippen LogP contribution is 2.43. The predicted octanol–water partition coefficient (Wildman–Crippen LogP) is 11.6. The zero-order valence-corrected chi connectivity index (χ0v) is 49.2. The summed E-state index contributed by atoms with van der Waals surface area (Å²) in [5.41, 5.74) is 2.99. The lowest BCUT2D eigenvalue weighted by Gasteiger charge is -2.42. The highest BCUT2D eigenvalue weighted by molar-refractivity contribution is 7.91. The molecule has 4 rings (SSSR count). The van der Waals surface area contributed by atoms with Crippen molar-refractivity contribution >= 4 is 36.6 Å². The van der Waals surface area contributed by atoms with Crippen molar-refractivity contribution in [3.63, 3.8) is 0 Å². The molecule has 0 amide bonds. The summed E-state index contributed by atoms with van der Waals surface area (Å²) in [5, 5.41) is -0.0436. The fourth-order valence-electron chi connectivity index (χ4n) is 9.03. The van der Waals surface area contributed by atoms with E-state index >= 15 is 0 Å². The molecule has 1 aromatic rings. The maximum Gasteiger partial charge on any atom is 0.264 e. The van der Waals surface area contributed by atoms with Crippen LogP contribution >= 0.6 is 0 Å². The molecule has 3 unspecified atom stereocenters. The molecular formula is C53H94O12S2Si2. The number of rotatable bonds is 26. The molecule has 16 heteroatoms. The lowest BCUT2D eigenvalue weighted by Crippen LogP contribution is -2.49. The van der Waals surface area contributed by atoms with Crippen LogP contribution in [0.25, 0.3) is 0 Å². The Labute approximate surface area is 422 Å². The van der Waals surface area contributed by atoms with Crippen LogP contribution in [0.5, 0.6) is 0 Å². The molecule has 3 aliphatic heterocycles. The van der Waals surface area contributed by atoms with Gasteiger partial charge in [-0.3, -0.25) is 4.18 Å². The Morgan fingerprint density at radius 3 is 2.01 bits per heavy atom. The number of allylic oxidation sites excluding steroid dienone is 1. The first-order valence-electron chi connectivity index (χ1n) is 25.6. The molecule has 0 saturated carbocycles. The van der Waals surface area contributed by atoms with E-state index in [0.29, 0.717) is 58.3 Å². The molecule has 69 heavy (non-hydrogen) atoms. The van der Waals surface area contributed by atoms with E-state index in [1.54, 1.807) is 19.2 Å². The predicted molar refractivity (Wildman–Crippen MR) is 283 cm³/mol. The van der Waals surface area contributed by atoms with Crippen molar-refractivity contribution in [1.82, 2.24) is 0 Å². The third kappa shape index (κ3) is 18.0. The van der Waals surface area contributed by atoms with E-state index in [0.717, 1.165) is 48.6 Å². The number of benzene rings is 1. The van der Waals surface area contributed by atoms with Crippen molar-refractivity contribution in [1.29, 1.82) is 0 Å². The van der Waals surface area contributed by atoms with Gasteiger partial charge in [-0.15, -0.1) is 0 Å². The zero-order valence-electron chi connectivity index (χ0n) is 45.6. The summed E-state index contributed by atoms with van der Waals surface area (Å²) in [5.74, 6) is -0.728. The third-order valence-electron chi connectivity index (χ3n) is 15.7. The highest BCUT2D eigenvalue weighted by atomic mass is 32.2. The zero-order chi connectivity index (χ0) is 52.0. The minimum Gasteiger partial charge on any atom is -0.414 e. The van der Waals surface area contributed by atoms with Crippen molar-refractivity contribution < 1.29 is 53.6 Å². The molecule has 3 fully saturated rings. The van der Waals surface area contributed by atoms with Crippen molar-refractivity contribution in [3.8, 4) is 0 Å². The third-order valence-corrected chi connectivity index (χ3v) is 27.1. The van der Waals surface area contributed by atoms with Gasteiger partial charge in [0.05, 0.1) is 79.5 Å². The SMILES string of the molecule is C=C(CC[C@@H](CC[C@@H]1O[C@@H](CCC2OCC(C)(C)CO2)CC1=C)OS(C)(=O)=O)C(C)C[C@@H]1O[C@H](CC(CO[Si](C)(C)C(C)(C)C)O[Si](C)(C)C(C)(C)C)C(OC)[C@H]1CS(=O)(=O)c1ccc(CC)cc1. The number of hydrogen-bond donors (Lipinski definition) is 0. The normalized spacial score (nSPS) is 25.8. The van der Waals surface area contributed by atoms with Gasteiger partial charge < -0.3 is 32.5 Å². The van der Waals surface area contributed by atoms with Gasteiger partial charge in [-0.1, -0.05) is 100 Å². The van der Waals surface area contributed by atoms with E-state index in [1.165, 1.54) is 0 Å². The van der Waals surface area contributed by atoms with E-state index in [4.69, 9.17) is 36.7 Å². The first-order chi connectivity index (χ1) is 31.7. The van der Waals surface area contributed by atoms with Gasteiger partial charge in [0.2, 0.25) is 0 Å². The van der Waals surface area contributed by atoms with Gasteiger partial charge in [0.1, 0.15) is 0 Å². The second kappa shape index (κ2) is 24.4. The van der Waals surface area contributed by atoms with Crippen LogP contribution in [0.15, 0.2) is 53.5 Å².